The first-order valence-corrected chi connectivity index (χ1v) is 7.01. The highest BCUT2D eigenvalue weighted by atomic mass is 32.2. The number of rotatable bonds is 3. The molecule has 7 heteroatoms. The van der Waals surface area contributed by atoms with Gasteiger partial charge in [0.1, 0.15) is 10.7 Å². The van der Waals surface area contributed by atoms with Crippen LogP contribution in [0.5, 0.6) is 0 Å². The van der Waals surface area contributed by atoms with Gasteiger partial charge in [-0.3, -0.25) is 4.79 Å². The lowest BCUT2D eigenvalue weighted by Crippen LogP contribution is -2.47. The summed E-state index contributed by atoms with van der Waals surface area (Å²) in [5, 5.41) is 2.56. The van der Waals surface area contributed by atoms with Crippen LogP contribution in [0, 0.1) is 5.82 Å². The van der Waals surface area contributed by atoms with Crippen molar-refractivity contribution < 1.29 is 17.6 Å². The van der Waals surface area contributed by atoms with Gasteiger partial charge in [0.15, 0.2) is 0 Å². The molecule has 2 N–H and O–H groups in total. The fraction of sp³-hybridized carbons (Fsp3) is 0.364. The maximum atomic E-state index is 13.4. The Balaban J connectivity index is 2.13. The number of hydrogen-bond acceptors (Lipinski definition) is 3. The van der Waals surface area contributed by atoms with Crippen molar-refractivity contribution in [2.75, 3.05) is 6.54 Å². The molecule has 2 rings (SSSR count). The third-order valence-electron chi connectivity index (χ3n) is 2.71. The standard InChI is InChI=1S/C11H13FN2O3S/c12-9-3-1-2-4-10(9)18(16,17)14-8-5-6-11(15)13-7-8/h1-4,8,14H,5-7H2,(H,13,15). The lowest BCUT2D eigenvalue weighted by Gasteiger charge is -2.23. The van der Waals surface area contributed by atoms with Crippen molar-refractivity contribution in [2.24, 2.45) is 0 Å². The largest absolute Gasteiger partial charge is 0.355 e. The Kier molecular flexibility index (Phi) is 3.63. The van der Waals surface area contributed by atoms with Crippen LogP contribution in [0.2, 0.25) is 0 Å². The summed E-state index contributed by atoms with van der Waals surface area (Å²) in [5.41, 5.74) is 0. The molecule has 1 heterocycles. The minimum Gasteiger partial charge on any atom is -0.355 e. The van der Waals surface area contributed by atoms with Crippen molar-refractivity contribution in [1.82, 2.24) is 10.0 Å². The van der Waals surface area contributed by atoms with Crippen LogP contribution in [0.25, 0.3) is 0 Å². The van der Waals surface area contributed by atoms with Crippen molar-refractivity contribution in [3.05, 3.63) is 30.1 Å². The highest BCUT2D eigenvalue weighted by molar-refractivity contribution is 7.89. The van der Waals surface area contributed by atoms with Gasteiger partial charge in [0, 0.05) is 19.0 Å². The number of halogens is 1. The smallest absolute Gasteiger partial charge is 0.243 e. The molecule has 1 aliphatic heterocycles. The van der Waals surface area contributed by atoms with E-state index in [-0.39, 0.29) is 23.8 Å². The Morgan fingerprint density at radius 3 is 2.67 bits per heavy atom. The topological polar surface area (TPSA) is 75.3 Å². The van der Waals surface area contributed by atoms with Crippen LogP contribution in [-0.4, -0.2) is 26.9 Å². The van der Waals surface area contributed by atoms with E-state index in [0.717, 1.165) is 6.07 Å². The number of piperidine rings is 1. The highest BCUT2D eigenvalue weighted by Crippen LogP contribution is 2.15. The summed E-state index contributed by atoms with van der Waals surface area (Å²) in [4.78, 5) is 10.6. The summed E-state index contributed by atoms with van der Waals surface area (Å²) >= 11 is 0. The van der Waals surface area contributed by atoms with Gasteiger partial charge in [-0.2, -0.15) is 0 Å². The first-order valence-electron chi connectivity index (χ1n) is 5.52. The summed E-state index contributed by atoms with van der Waals surface area (Å²) in [6.45, 7) is 0.229. The van der Waals surface area contributed by atoms with Crippen molar-refractivity contribution in [3.8, 4) is 0 Å². The molecule has 0 saturated carbocycles. The number of carbonyl (C=O) groups excluding carboxylic acids is 1. The fourth-order valence-corrected chi connectivity index (χ4v) is 3.13. The van der Waals surface area contributed by atoms with Gasteiger partial charge < -0.3 is 5.32 Å². The molecule has 0 bridgehead atoms. The summed E-state index contributed by atoms with van der Waals surface area (Å²) in [7, 11) is -3.88. The van der Waals surface area contributed by atoms with Crippen LogP contribution in [0.15, 0.2) is 29.2 Å². The van der Waals surface area contributed by atoms with Crippen LogP contribution < -0.4 is 10.0 Å². The Hall–Kier alpha value is -1.47. The van der Waals surface area contributed by atoms with Gasteiger partial charge in [-0.05, 0) is 18.6 Å². The van der Waals surface area contributed by atoms with Crippen LogP contribution in [0.4, 0.5) is 4.39 Å². The maximum absolute atomic E-state index is 13.4. The van der Waals surface area contributed by atoms with Crippen molar-refractivity contribution in [2.45, 2.75) is 23.8 Å². The molecule has 1 atom stereocenters. The third kappa shape index (κ3) is 2.85. The fourth-order valence-electron chi connectivity index (χ4n) is 1.78. The first-order chi connectivity index (χ1) is 8.49. The maximum Gasteiger partial charge on any atom is 0.243 e. The molecule has 1 unspecified atom stereocenters. The van der Waals surface area contributed by atoms with E-state index < -0.39 is 21.9 Å². The molecule has 0 spiro atoms. The van der Waals surface area contributed by atoms with E-state index in [2.05, 4.69) is 10.0 Å². The zero-order chi connectivity index (χ0) is 13.2. The summed E-state index contributed by atoms with van der Waals surface area (Å²) in [6.07, 6.45) is 0.684. The van der Waals surface area contributed by atoms with Crippen molar-refractivity contribution in [1.29, 1.82) is 0 Å². The van der Waals surface area contributed by atoms with Gasteiger partial charge in [0.25, 0.3) is 0 Å². The van der Waals surface area contributed by atoms with E-state index in [1.807, 2.05) is 0 Å². The molecule has 98 valence electrons. The van der Waals surface area contributed by atoms with E-state index in [1.54, 1.807) is 0 Å². The zero-order valence-electron chi connectivity index (χ0n) is 9.52. The predicted molar refractivity (Wildman–Crippen MR) is 62.8 cm³/mol. The van der Waals surface area contributed by atoms with Crippen LogP contribution in [-0.2, 0) is 14.8 Å². The van der Waals surface area contributed by atoms with Crippen LogP contribution >= 0.6 is 0 Å². The molecule has 1 amide bonds. The average Bonchev–Trinajstić information content (AvgIpc) is 2.32. The third-order valence-corrected chi connectivity index (χ3v) is 4.27. The number of nitrogens with one attached hydrogen (secondary N) is 2. The molecule has 1 aliphatic rings. The van der Waals surface area contributed by atoms with Gasteiger partial charge in [0.05, 0.1) is 0 Å². The van der Waals surface area contributed by atoms with Crippen LogP contribution in [0.1, 0.15) is 12.8 Å². The van der Waals surface area contributed by atoms with Gasteiger partial charge in [-0.25, -0.2) is 17.5 Å². The number of sulfonamides is 1. The van der Waals surface area contributed by atoms with Gasteiger partial charge in [-0.15, -0.1) is 0 Å². The number of benzene rings is 1. The molecular formula is C11H13FN2O3S. The van der Waals surface area contributed by atoms with Crippen molar-refractivity contribution in [3.63, 3.8) is 0 Å². The first kappa shape index (κ1) is 13.0. The number of hydrogen-bond donors (Lipinski definition) is 2. The predicted octanol–water partition coefficient (Wildman–Crippen LogP) is 0.383. The monoisotopic (exact) mass is 272 g/mol. The van der Waals surface area contributed by atoms with Crippen LogP contribution in [0.3, 0.4) is 0 Å². The molecule has 1 aromatic carbocycles. The van der Waals surface area contributed by atoms with Gasteiger partial charge in [-0.1, -0.05) is 12.1 Å². The van der Waals surface area contributed by atoms with Gasteiger partial charge >= 0.3 is 0 Å². The van der Waals surface area contributed by atoms with E-state index in [4.69, 9.17) is 0 Å². The molecule has 1 saturated heterocycles. The SMILES string of the molecule is O=C1CCC(NS(=O)(=O)c2ccccc2F)CN1. The van der Waals surface area contributed by atoms with E-state index in [1.165, 1.54) is 18.2 Å². The molecule has 1 aromatic rings. The lowest BCUT2D eigenvalue weighted by molar-refractivity contribution is -0.122. The Morgan fingerprint density at radius 2 is 2.06 bits per heavy atom. The second-order valence-electron chi connectivity index (χ2n) is 4.09. The molecule has 1 fully saturated rings. The summed E-state index contributed by atoms with van der Waals surface area (Å²) in [5.74, 6) is -0.888. The average molecular weight is 272 g/mol. The minimum atomic E-state index is -3.88. The quantitative estimate of drug-likeness (QED) is 0.835. The molecule has 0 radical (unpaired) electrons. The number of amides is 1. The van der Waals surface area contributed by atoms with E-state index in [9.17, 15) is 17.6 Å². The molecule has 5 nitrogen and oxygen atoms in total. The normalized spacial score (nSPS) is 20.5. The Bertz CT molecular complexity index is 549. The molecule has 0 aromatic heterocycles. The summed E-state index contributed by atoms with van der Waals surface area (Å²) in [6, 6.07) is 4.79. The second kappa shape index (κ2) is 5.03. The second-order valence-corrected chi connectivity index (χ2v) is 5.77. The van der Waals surface area contributed by atoms with Gasteiger partial charge in [0.2, 0.25) is 15.9 Å². The molecule has 18 heavy (non-hydrogen) atoms. The molecule has 0 aliphatic carbocycles. The Labute approximate surface area is 104 Å². The lowest BCUT2D eigenvalue weighted by atomic mass is 10.1. The van der Waals surface area contributed by atoms with E-state index >= 15 is 0 Å². The summed E-state index contributed by atoms with van der Waals surface area (Å²) < 4.78 is 39.7. The van der Waals surface area contributed by atoms with Crippen molar-refractivity contribution >= 4 is 15.9 Å². The zero-order valence-corrected chi connectivity index (χ0v) is 10.3. The minimum absolute atomic E-state index is 0.101. The molecular weight excluding hydrogens is 259 g/mol. The number of carbonyl (C=O) groups is 1. The highest BCUT2D eigenvalue weighted by Gasteiger charge is 2.25. The van der Waals surface area contributed by atoms with E-state index in [0.29, 0.717) is 6.42 Å². The Morgan fingerprint density at radius 1 is 1.33 bits per heavy atom.